The number of benzene rings is 1. The third kappa shape index (κ3) is 7.63. The van der Waals surface area contributed by atoms with Crippen LogP contribution in [0.4, 0.5) is 4.39 Å². The molecule has 3 atom stereocenters. The summed E-state index contributed by atoms with van der Waals surface area (Å²) in [6, 6.07) is 7.77. The topological polar surface area (TPSA) is 99.9 Å². The highest BCUT2D eigenvalue weighted by Crippen LogP contribution is 2.23. The molecule has 1 aromatic heterocycles. The first-order valence-electron chi connectivity index (χ1n) is 10.8. The van der Waals surface area contributed by atoms with E-state index in [1.165, 1.54) is 18.2 Å². The van der Waals surface area contributed by atoms with E-state index in [0.717, 1.165) is 44.2 Å². The third-order valence-corrected chi connectivity index (χ3v) is 5.80. The number of carbonyl (C=O) groups excluding carboxylic acids is 1. The van der Waals surface area contributed by atoms with Crippen molar-refractivity contribution in [2.24, 2.45) is 0 Å². The van der Waals surface area contributed by atoms with Crippen molar-refractivity contribution >= 4 is 30.7 Å². The lowest BCUT2D eigenvalue weighted by atomic mass is 9.98. The van der Waals surface area contributed by atoms with Gasteiger partial charge in [-0.05, 0) is 25.0 Å². The van der Waals surface area contributed by atoms with Gasteiger partial charge in [-0.2, -0.15) is 0 Å². The number of aliphatic hydroxyl groups excluding tert-OH is 1. The molecule has 1 aromatic carbocycles. The summed E-state index contributed by atoms with van der Waals surface area (Å²) in [5.74, 6) is -0.267. The molecule has 2 saturated heterocycles. The van der Waals surface area contributed by atoms with Gasteiger partial charge in [0.15, 0.2) is 5.76 Å². The van der Waals surface area contributed by atoms with Crippen LogP contribution in [-0.2, 0) is 17.7 Å². The molecule has 1 amide bonds. The maximum Gasteiger partial charge on any atom is 0.254 e. The standard InChI is InChI=1S/C22H29FN4O4.2ClH/c23-19-4-2-1-3-18(19)22(29)25-13-21-20(28)6-5-16(30-21)11-15-12-17(31-26-15)14-27-9-7-24-8-10-27;;/h1-4,12,16,20-21,24,28H,5-11,13-14H2,(H,25,29);2*1H/t16-,20-,21+;;/m0../s1. The minimum absolute atomic E-state index is 0. The molecule has 0 radical (unpaired) electrons. The van der Waals surface area contributed by atoms with E-state index in [9.17, 15) is 14.3 Å². The number of aromatic nitrogens is 1. The zero-order chi connectivity index (χ0) is 21.6. The van der Waals surface area contributed by atoms with E-state index in [1.54, 1.807) is 6.07 Å². The molecule has 11 heteroatoms. The molecule has 0 bridgehead atoms. The third-order valence-electron chi connectivity index (χ3n) is 5.80. The Morgan fingerprint density at radius 3 is 2.76 bits per heavy atom. The first-order valence-corrected chi connectivity index (χ1v) is 10.8. The van der Waals surface area contributed by atoms with Gasteiger partial charge in [-0.1, -0.05) is 17.3 Å². The molecular weight excluding hydrogens is 474 g/mol. The van der Waals surface area contributed by atoms with E-state index in [0.29, 0.717) is 19.3 Å². The van der Waals surface area contributed by atoms with Gasteiger partial charge in [0.1, 0.15) is 11.9 Å². The maximum absolute atomic E-state index is 13.8. The Kier molecular flexibility index (Phi) is 11.0. The summed E-state index contributed by atoms with van der Waals surface area (Å²) in [7, 11) is 0. The summed E-state index contributed by atoms with van der Waals surface area (Å²) < 4.78 is 25.3. The number of nitrogens with one attached hydrogen (secondary N) is 2. The highest BCUT2D eigenvalue weighted by Gasteiger charge is 2.31. The molecule has 2 fully saturated rings. The second-order valence-electron chi connectivity index (χ2n) is 8.15. The minimum Gasteiger partial charge on any atom is -0.390 e. The van der Waals surface area contributed by atoms with Crippen molar-refractivity contribution in [1.82, 2.24) is 20.7 Å². The predicted molar refractivity (Wildman–Crippen MR) is 125 cm³/mol. The number of amides is 1. The van der Waals surface area contributed by atoms with Gasteiger partial charge in [0.2, 0.25) is 0 Å². The lowest BCUT2D eigenvalue weighted by Crippen LogP contribution is -2.46. The lowest BCUT2D eigenvalue weighted by molar-refractivity contribution is -0.114. The van der Waals surface area contributed by atoms with Crippen LogP contribution in [0.2, 0.25) is 0 Å². The Bertz CT molecular complexity index is 882. The van der Waals surface area contributed by atoms with Crippen LogP contribution in [0.25, 0.3) is 0 Å². The Hall–Kier alpha value is -1.75. The van der Waals surface area contributed by atoms with Gasteiger partial charge in [-0.3, -0.25) is 9.69 Å². The summed E-state index contributed by atoms with van der Waals surface area (Å²) in [4.78, 5) is 14.6. The zero-order valence-corrected chi connectivity index (χ0v) is 19.9. The largest absolute Gasteiger partial charge is 0.390 e. The van der Waals surface area contributed by atoms with Crippen LogP contribution < -0.4 is 10.6 Å². The fourth-order valence-corrected chi connectivity index (χ4v) is 4.07. The van der Waals surface area contributed by atoms with Crippen molar-refractivity contribution in [3.05, 3.63) is 53.2 Å². The zero-order valence-electron chi connectivity index (χ0n) is 18.2. The Labute approximate surface area is 205 Å². The summed E-state index contributed by atoms with van der Waals surface area (Å²) >= 11 is 0. The van der Waals surface area contributed by atoms with Crippen LogP contribution in [0.15, 0.2) is 34.9 Å². The van der Waals surface area contributed by atoms with E-state index in [2.05, 4.69) is 20.7 Å². The number of carbonyl (C=O) groups is 1. The van der Waals surface area contributed by atoms with Gasteiger partial charge in [0.05, 0.1) is 30.0 Å². The molecule has 0 aliphatic carbocycles. The second kappa shape index (κ2) is 13.2. The molecule has 2 aliphatic rings. The van der Waals surface area contributed by atoms with Gasteiger partial charge in [0.25, 0.3) is 5.91 Å². The van der Waals surface area contributed by atoms with Crippen molar-refractivity contribution in [3.63, 3.8) is 0 Å². The van der Waals surface area contributed by atoms with Gasteiger partial charge < -0.3 is 25.0 Å². The Balaban J connectivity index is 0.00000193. The fourth-order valence-electron chi connectivity index (χ4n) is 4.07. The molecule has 184 valence electrons. The average molecular weight is 505 g/mol. The predicted octanol–water partition coefficient (Wildman–Crippen LogP) is 1.94. The summed E-state index contributed by atoms with van der Waals surface area (Å²) in [5, 5.41) is 20.4. The van der Waals surface area contributed by atoms with Gasteiger partial charge >= 0.3 is 0 Å². The number of halogens is 3. The number of hydrogen-bond donors (Lipinski definition) is 3. The molecule has 33 heavy (non-hydrogen) atoms. The summed E-state index contributed by atoms with van der Waals surface area (Å²) in [6.45, 7) is 4.78. The molecule has 0 saturated carbocycles. The maximum atomic E-state index is 13.8. The number of ether oxygens (including phenoxy) is 1. The second-order valence-corrected chi connectivity index (χ2v) is 8.15. The molecule has 4 rings (SSSR count). The quantitative estimate of drug-likeness (QED) is 0.529. The van der Waals surface area contributed by atoms with E-state index in [-0.39, 0.29) is 43.0 Å². The normalized spacial score (nSPS) is 23.3. The molecule has 2 aromatic rings. The van der Waals surface area contributed by atoms with Crippen LogP contribution in [0, 0.1) is 5.82 Å². The van der Waals surface area contributed by atoms with Crippen molar-refractivity contribution in [2.75, 3.05) is 32.7 Å². The summed E-state index contributed by atoms with van der Waals surface area (Å²) in [5.41, 5.74) is 0.796. The number of rotatable bonds is 7. The van der Waals surface area contributed by atoms with Gasteiger partial charge in [-0.15, -0.1) is 24.8 Å². The first-order chi connectivity index (χ1) is 15.1. The highest BCUT2D eigenvalue weighted by atomic mass is 35.5. The van der Waals surface area contributed by atoms with Gasteiger partial charge in [0, 0.05) is 45.2 Å². The number of piperazine rings is 1. The lowest BCUT2D eigenvalue weighted by Gasteiger charge is -2.33. The molecule has 3 N–H and O–H groups in total. The van der Waals surface area contributed by atoms with Crippen molar-refractivity contribution in [2.45, 2.75) is 44.1 Å². The first kappa shape index (κ1) is 27.5. The van der Waals surface area contributed by atoms with Crippen molar-refractivity contribution < 1.29 is 23.6 Å². The summed E-state index contributed by atoms with van der Waals surface area (Å²) in [6.07, 6.45) is 0.473. The van der Waals surface area contributed by atoms with E-state index in [4.69, 9.17) is 9.26 Å². The molecule has 0 spiro atoms. The number of hydrogen-bond acceptors (Lipinski definition) is 7. The minimum atomic E-state index is -0.683. The van der Waals surface area contributed by atoms with E-state index in [1.807, 2.05) is 6.07 Å². The fraction of sp³-hybridized carbons (Fsp3) is 0.545. The molecule has 0 unspecified atom stereocenters. The van der Waals surface area contributed by atoms with Crippen LogP contribution in [0.5, 0.6) is 0 Å². The average Bonchev–Trinajstić information content (AvgIpc) is 3.21. The van der Waals surface area contributed by atoms with Crippen molar-refractivity contribution in [1.29, 1.82) is 0 Å². The molecule has 2 aliphatic heterocycles. The highest BCUT2D eigenvalue weighted by molar-refractivity contribution is 5.94. The SMILES string of the molecule is Cl.Cl.O=C(NC[C@H]1O[C@H](Cc2cc(CN3CCNCC3)on2)CC[C@@H]1O)c1ccccc1F. The Morgan fingerprint density at radius 2 is 2.00 bits per heavy atom. The number of nitrogens with zero attached hydrogens (tertiary/aromatic N) is 2. The van der Waals surface area contributed by atoms with E-state index >= 15 is 0 Å². The smallest absolute Gasteiger partial charge is 0.254 e. The molecule has 8 nitrogen and oxygen atoms in total. The Morgan fingerprint density at radius 1 is 1.24 bits per heavy atom. The monoisotopic (exact) mass is 504 g/mol. The van der Waals surface area contributed by atoms with Crippen LogP contribution >= 0.6 is 24.8 Å². The molecular formula is C22H31Cl2FN4O4. The van der Waals surface area contributed by atoms with Crippen LogP contribution in [0.1, 0.15) is 34.7 Å². The van der Waals surface area contributed by atoms with Crippen LogP contribution in [-0.4, -0.2) is 72.1 Å². The number of aliphatic hydroxyl groups is 1. The van der Waals surface area contributed by atoms with Crippen LogP contribution in [0.3, 0.4) is 0 Å². The van der Waals surface area contributed by atoms with E-state index < -0.39 is 23.9 Å². The van der Waals surface area contributed by atoms with Gasteiger partial charge in [-0.25, -0.2) is 4.39 Å². The molecule has 3 heterocycles. The van der Waals surface area contributed by atoms with Crippen molar-refractivity contribution in [3.8, 4) is 0 Å².